The number of hydrogen-bond acceptors (Lipinski definition) is 4. The highest BCUT2D eigenvalue weighted by Crippen LogP contribution is 2.21. The topological polar surface area (TPSA) is 69.0 Å². The molecule has 3 aromatic rings. The lowest BCUT2D eigenvalue weighted by Crippen LogP contribution is -2.24. The fourth-order valence-corrected chi connectivity index (χ4v) is 2.90. The molecule has 6 nitrogen and oxygen atoms in total. The van der Waals surface area contributed by atoms with Gasteiger partial charge in [-0.25, -0.2) is 4.68 Å². The number of rotatable bonds is 6. The van der Waals surface area contributed by atoms with Crippen molar-refractivity contribution in [3.63, 3.8) is 0 Å². The van der Waals surface area contributed by atoms with Gasteiger partial charge in [-0.05, 0) is 31.2 Å². The molecule has 0 spiro atoms. The molecule has 1 heterocycles. The van der Waals surface area contributed by atoms with Crippen molar-refractivity contribution in [3.05, 3.63) is 70.0 Å². The molecule has 0 atom stereocenters. The number of amides is 1. The van der Waals surface area contributed by atoms with Crippen molar-refractivity contribution in [2.24, 2.45) is 0 Å². The molecular weight excluding hydrogens is 422 g/mol. The monoisotopic (exact) mass is 436 g/mol. The summed E-state index contributed by atoms with van der Waals surface area (Å²) in [6, 6.07) is 13.7. The Labute approximate surface area is 162 Å². The number of alkyl halides is 2. The summed E-state index contributed by atoms with van der Waals surface area (Å²) in [5.41, 5.74) is 1.90. The number of para-hydroxylation sites is 1. The molecule has 2 aromatic carbocycles. The standard InChI is InChI=1S/C18H15BrF2N4O2/c1-11-16(23-24-25(11)14-7-4-6-13(19)9-14)17(26)22-10-12-5-2-3-8-15(12)27-18(20)21/h2-9,18H,10H2,1H3,(H,22,26). The lowest BCUT2D eigenvalue weighted by atomic mass is 10.2. The summed E-state index contributed by atoms with van der Waals surface area (Å²) in [7, 11) is 0. The largest absolute Gasteiger partial charge is 0.434 e. The van der Waals surface area contributed by atoms with Gasteiger partial charge < -0.3 is 10.1 Å². The summed E-state index contributed by atoms with van der Waals surface area (Å²) < 4.78 is 31.8. The van der Waals surface area contributed by atoms with Gasteiger partial charge >= 0.3 is 6.61 Å². The van der Waals surface area contributed by atoms with Crippen molar-refractivity contribution in [1.29, 1.82) is 0 Å². The first-order chi connectivity index (χ1) is 13.0. The average molecular weight is 437 g/mol. The second-order valence-electron chi connectivity index (χ2n) is 5.58. The second kappa shape index (κ2) is 8.26. The van der Waals surface area contributed by atoms with Gasteiger partial charge in [-0.2, -0.15) is 8.78 Å². The number of aromatic nitrogens is 3. The van der Waals surface area contributed by atoms with E-state index in [4.69, 9.17) is 0 Å². The van der Waals surface area contributed by atoms with E-state index in [9.17, 15) is 13.6 Å². The summed E-state index contributed by atoms with van der Waals surface area (Å²) >= 11 is 3.39. The van der Waals surface area contributed by atoms with E-state index in [2.05, 4.69) is 36.3 Å². The molecule has 1 aromatic heterocycles. The Morgan fingerprint density at radius 3 is 2.78 bits per heavy atom. The Morgan fingerprint density at radius 1 is 1.26 bits per heavy atom. The van der Waals surface area contributed by atoms with Crippen LogP contribution < -0.4 is 10.1 Å². The van der Waals surface area contributed by atoms with Crippen LogP contribution in [-0.4, -0.2) is 27.5 Å². The van der Waals surface area contributed by atoms with E-state index in [0.717, 1.165) is 10.2 Å². The molecule has 0 aliphatic heterocycles. The van der Waals surface area contributed by atoms with Gasteiger partial charge in [0.25, 0.3) is 5.91 Å². The summed E-state index contributed by atoms with van der Waals surface area (Å²) in [5, 5.41) is 10.6. The molecule has 3 rings (SSSR count). The first-order valence-electron chi connectivity index (χ1n) is 7.95. The van der Waals surface area contributed by atoms with Crippen LogP contribution in [0.5, 0.6) is 5.75 Å². The summed E-state index contributed by atoms with van der Waals surface area (Å²) in [4.78, 5) is 12.5. The quantitative estimate of drug-likeness (QED) is 0.636. The van der Waals surface area contributed by atoms with Gasteiger partial charge in [-0.3, -0.25) is 4.79 Å². The van der Waals surface area contributed by atoms with Crippen molar-refractivity contribution in [1.82, 2.24) is 20.3 Å². The molecule has 27 heavy (non-hydrogen) atoms. The van der Waals surface area contributed by atoms with Crippen molar-refractivity contribution in [2.75, 3.05) is 0 Å². The first kappa shape index (κ1) is 19.0. The number of carbonyl (C=O) groups excluding carboxylic acids is 1. The van der Waals surface area contributed by atoms with Gasteiger partial charge in [0.1, 0.15) is 5.75 Å². The fraction of sp³-hybridized carbons (Fsp3) is 0.167. The van der Waals surface area contributed by atoms with Gasteiger partial charge in [-0.1, -0.05) is 45.4 Å². The van der Waals surface area contributed by atoms with Crippen LogP contribution in [0.1, 0.15) is 21.7 Å². The van der Waals surface area contributed by atoms with Crippen LogP contribution in [0.3, 0.4) is 0 Å². The van der Waals surface area contributed by atoms with Gasteiger partial charge in [0, 0.05) is 16.6 Å². The van der Waals surface area contributed by atoms with Crippen LogP contribution in [-0.2, 0) is 6.54 Å². The van der Waals surface area contributed by atoms with Crippen molar-refractivity contribution < 1.29 is 18.3 Å². The van der Waals surface area contributed by atoms with Crippen LogP contribution >= 0.6 is 15.9 Å². The molecule has 9 heteroatoms. The van der Waals surface area contributed by atoms with Crippen LogP contribution in [0.15, 0.2) is 53.0 Å². The highest BCUT2D eigenvalue weighted by molar-refractivity contribution is 9.10. The second-order valence-corrected chi connectivity index (χ2v) is 6.50. The zero-order valence-corrected chi connectivity index (χ0v) is 15.8. The first-order valence-corrected chi connectivity index (χ1v) is 8.74. The van der Waals surface area contributed by atoms with E-state index in [0.29, 0.717) is 11.3 Å². The minimum Gasteiger partial charge on any atom is -0.434 e. The van der Waals surface area contributed by atoms with Crippen LogP contribution in [0.25, 0.3) is 5.69 Å². The van der Waals surface area contributed by atoms with E-state index in [1.165, 1.54) is 6.07 Å². The predicted molar refractivity (Wildman–Crippen MR) is 98.0 cm³/mol. The van der Waals surface area contributed by atoms with Gasteiger partial charge in [0.2, 0.25) is 0 Å². The zero-order chi connectivity index (χ0) is 19.4. The summed E-state index contributed by atoms with van der Waals surface area (Å²) in [6.07, 6.45) is 0. The number of benzene rings is 2. The molecule has 1 amide bonds. The molecule has 140 valence electrons. The van der Waals surface area contributed by atoms with E-state index < -0.39 is 12.5 Å². The van der Waals surface area contributed by atoms with Crippen molar-refractivity contribution in [2.45, 2.75) is 20.1 Å². The number of carbonyl (C=O) groups is 1. The number of hydrogen-bond donors (Lipinski definition) is 1. The maximum Gasteiger partial charge on any atom is 0.387 e. The van der Waals surface area contributed by atoms with Gasteiger partial charge in [0.05, 0.1) is 11.4 Å². The van der Waals surface area contributed by atoms with Crippen molar-refractivity contribution >= 4 is 21.8 Å². The van der Waals surface area contributed by atoms with E-state index in [1.54, 1.807) is 29.8 Å². The van der Waals surface area contributed by atoms with E-state index >= 15 is 0 Å². The lowest BCUT2D eigenvalue weighted by molar-refractivity contribution is -0.0504. The smallest absolute Gasteiger partial charge is 0.387 e. The molecule has 0 bridgehead atoms. The highest BCUT2D eigenvalue weighted by atomic mass is 79.9. The number of ether oxygens (including phenoxy) is 1. The molecule has 0 aliphatic rings. The Balaban J connectivity index is 1.75. The maximum absolute atomic E-state index is 12.5. The molecule has 0 saturated carbocycles. The average Bonchev–Trinajstić information content (AvgIpc) is 3.02. The molecule has 0 saturated heterocycles. The van der Waals surface area contributed by atoms with Crippen molar-refractivity contribution in [3.8, 4) is 11.4 Å². The Kier molecular flexibility index (Phi) is 5.80. The van der Waals surface area contributed by atoms with Crippen LogP contribution in [0, 0.1) is 6.92 Å². The summed E-state index contributed by atoms with van der Waals surface area (Å²) in [5.74, 6) is -0.442. The molecule has 0 unspecified atom stereocenters. The normalized spacial score (nSPS) is 10.9. The van der Waals surface area contributed by atoms with Gasteiger partial charge in [0.15, 0.2) is 5.69 Å². The molecule has 0 radical (unpaired) electrons. The van der Waals surface area contributed by atoms with Crippen LogP contribution in [0.4, 0.5) is 8.78 Å². The van der Waals surface area contributed by atoms with Crippen LogP contribution in [0.2, 0.25) is 0 Å². The van der Waals surface area contributed by atoms with E-state index in [-0.39, 0.29) is 18.0 Å². The molecular formula is C18H15BrF2N4O2. The predicted octanol–water partition coefficient (Wildman–Crippen LogP) is 3.87. The number of nitrogens with one attached hydrogen (secondary N) is 1. The van der Waals surface area contributed by atoms with E-state index in [1.807, 2.05) is 24.3 Å². The summed E-state index contributed by atoms with van der Waals surface area (Å²) in [6.45, 7) is -1.19. The Hall–Kier alpha value is -2.81. The third-order valence-electron chi connectivity index (χ3n) is 3.79. The number of halogens is 3. The minimum atomic E-state index is -2.94. The molecule has 1 N–H and O–H groups in total. The van der Waals surface area contributed by atoms with Gasteiger partial charge in [-0.15, -0.1) is 5.10 Å². The zero-order valence-electron chi connectivity index (χ0n) is 14.2. The Morgan fingerprint density at radius 2 is 2.04 bits per heavy atom. The SMILES string of the molecule is Cc1c(C(=O)NCc2ccccc2OC(F)F)nnn1-c1cccc(Br)c1. The number of nitrogens with zero attached hydrogens (tertiary/aromatic N) is 3. The molecule has 0 aliphatic carbocycles. The highest BCUT2D eigenvalue weighted by Gasteiger charge is 2.18. The Bertz CT molecular complexity index is 962. The maximum atomic E-state index is 12.5. The molecule has 0 fully saturated rings. The third-order valence-corrected chi connectivity index (χ3v) is 4.28. The third kappa shape index (κ3) is 4.48. The fourth-order valence-electron chi connectivity index (χ4n) is 2.51. The minimum absolute atomic E-state index is 0.0160. The lowest BCUT2D eigenvalue weighted by Gasteiger charge is -2.11.